The van der Waals surface area contributed by atoms with Crippen LogP contribution < -0.4 is 15.7 Å². The van der Waals surface area contributed by atoms with Gasteiger partial charge in [-0.15, -0.1) is 5.10 Å². The summed E-state index contributed by atoms with van der Waals surface area (Å²) in [6, 6.07) is 7.76. The number of H-pyrrole nitrogens is 1. The number of rotatable bonds is 9. The minimum Gasteiger partial charge on any atom is -0.497 e. The van der Waals surface area contributed by atoms with Crippen molar-refractivity contribution in [2.45, 2.75) is 37.1 Å². The number of hydrogen-bond acceptors (Lipinski definition) is 6. The maximum atomic E-state index is 12.1. The fourth-order valence-electron chi connectivity index (χ4n) is 2.89. The van der Waals surface area contributed by atoms with Crippen LogP contribution in [0, 0.1) is 0 Å². The number of nitrogens with one attached hydrogen (secondary N) is 2. The van der Waals surface area contributed by atoms with Gasteiger partial charge in [-0.3, -0.25) is 9.36 Å². The first-order valence-electron chi connectivity index (χ1n) is 8.95. The fraction of sp³-hybridized carbons (Fsp3) is 0.500. The van der Waals surface area contributed by atoms with E-state index in [1.807, 2.05) is 24.3 Å². The van der Waals surface area contributed by atoms with Crippen LogP contribution in [-0.4, -0.2) is 52.8 Å². The Labute approximate surface area is 161 Å². The molecule has 2 heterocycles. The first-order chi connectivity index (χ1) is 13.2. The number of benzene rings is 1. The molecule has 2 aromatic rings. The summed E-state index contributed by atoms with van der Waals surface area (Å²) < 4.78 is 12.2. The van der Waals surface area contributed by atoms with Crippen molar-refractivity contribution in [3.63, 3.8) is 0 Å². The number of carbonyl (C=O) groups excluding carboxylic acids is 1. The molecular weight excluding hydrogens is 368 g/mol. The van der Waals surface area contributed by atoms with Gasteiger partial charge in [0, 0.05) is 13.2 Å². The second-order valence-corrected chi connectivity index (χ2v) is 7.24. The Hall–Kier alpha value is -2.26. The molecule has 1 amide bonds. The summed E-state index contributed by atoms with van der Waals surface area (Å²) in [7, 11) is 1.63. The second kappa shape index (κ2) is 9.61. The summed E-state index contributed by atoms with van der Waals surface area (Å²) in [6.07, 6.45) is 2.73. The van der Waals surface area contributed by atoms with Gasteiger partial charge >= 0.3 is 5.69 Å². The zero-order valence-electron chi connectivity index (χ0n) is 15.3. The van der Waals surface area contributed by atoms with Crippen molar-refractivity contribution in [1.82, 2.24) is 20.1 Å². The number of amides is 1. The van der Waals surface area contributed by atoms with E-state index < -0.39 is 0 Å². The SMILES string of the molecule is COc1ccc(CCNC(=O)CSc2n[nH]c(=O)n2C[C@@H]2CCCO2)cc1. The van der Waals surface area contributed by atoms with Gasteiger partial charge in [0.15, 0.2) is 5.16 Å². The van der Waals surface area contributed by atoms with Gasteiger partial charge in [0.25, 0.3) is 0 Å². The molecule has 8 nitrogen and oxygen atoms in total. The van der Waals surface area contributed by atoms with Crippen LogP contribution in [0.3, 0.4) is 0 Å². The molecule has 1 fully saturated rings. The first-order valence-corrected chi connectivity index (χ1v) is 9.93. The fourth-order valence-corrected chi connectivity index (χ4v) is 3.67. The Kier molecular flexibility index (Phi) is 6.94. The minimum atomic E-state index is -0.270. The Morgan fingerprint density at radius 2 is 2.26 bits per heavy atom. The van der Waals surface area contributed by atoms with E-state index in [0.717, 1.165) is 37.2 Å². The third-order valence-electron chi connectivity index (χ3n) is 4.36. The Morgan fingerprint density at radius 3 is 2.96 bits per heavy atom. The van der Waals surface area contributed by atoms with Crippen LogP contribution in [0.5, 0.6) is 5.75 Å². The van der Waals surface area contributed by atoms with Gasteiger partial charge in [-0.05, 0) is 37.0 Å². The van der Waals surface area contributed by atoms with Crippen LogP contribution in [0.15, 0.2) is 34.2 Å². The smallest absolute Gasteiger partial charge is 0.344 e. The summed E-state index contributed by atoms with van der Waals surface area (Å²) in [5, 5.41) is 9.87. The molecular formula is C18H24N4O4S. The molecule has 1 saturated heterocycles. The molecule has 1 atom stereocenters. The van der Waals surface area contributed by atoms with Crippen LogP contribution in [0.25, 0.3) is 0 Å². The highest BCUT2D eigenvalue weighted by molar-refractivity contribution is 7.99. The molecule has 27 heavy (non-hydrogen) atoms. The van der Waals surface area contributed by atoms with E-state index in [1.54, 1.807) is 11.7 Å². The molecule has 146 valence electrons. The average Bonchev–Trinajstić information content (AvgIpc) is 3.32. The standard InChI is InChI=1S/C18H24N4O4S/c1-25-14-6-4-13(5-7-14)8-9-19-16(23)12-27-18-21-20-17(24)22(18)11-15-3-2-10-26-15/h4-7,15H,2-3,8-12H2,1H3,(H,19,23)(H,20,24)/t15-/m0/s1. The van der Waals surface area contributed by atoms with Crippen LogP contribution in [0.1, 0.15) is 18.4 Å². The molecule has 1 aliphatic rings. The molecule has 0 spiro atoms. The predicted octanol–water partition coefficient (Wildman–Crippen LogP) is 1.21. The highest BCUT2D eigenvalue weighted by Gasteiger charge is 2.20. The zero-order valence-corrected chi connectivity index (χ0v) is 16.1. The van der Waals surface area contributed by atoms with E-state index in [0.29, 0.717) is 18.2 Å². The van der Waals surface area contributed by atoms with Crippen molar-refractivity contribution in [3.8, 4) is 5.75 Å². The van der Waals surface area contributed by atoms with Crippen molar-refractivity contribution in [2.75, 3.05) is 26.0 Å². The summed E-state index contributed by atoms with van der Waals surface area (Å²) in [5.41, 5.74) is 0.856. The average molecular weight is 392 g/mol. The van der Waals surface area contributed by atoms with Gasteiger partial charge in [-0.1, -0.05) is 23.9 Å². The number of hydrogen-bond donors (Lipinski definition) is 2. The summed E-state index contributed by atoms with van der Waals surface area (Å²) in [6.45, 7) is 1.75. The van der Waals surface area contributed by atoms with Crippen molar-refractivity contribution in [2.24, 2.45) is 0 Å². The number of aromatic amines is 1. The largest absolute Gasteiger partial charge is 0.497 e. The summed E-state index contributed by atoms with van der Waals surface area (Å²) in [5.74, 6) is 0.929. The Bertz CT molecular complexity index is 796. The van der Waals surface area contributed by atoms with Crippen molar-refractivity contribution in [3.05, 3.63) is 40.3 Å². The van der Waals surface area contributed by atoms with Gasteiger partial charge < -0.3 is 14.8 Å². The van der Waals surface area contributed by atoms with Crippen LogP contribution in [0.4, 0.5) is 0 Å². The number of methoxy groups -OCH3 is 1. The monoisotopic (exact) mass is 392 g/mol. The van der Waals surface area contributed by atoms with Gasteiger partial charge in [-0.25, -0.2) is 9.89 Å². The van der Waals surface area contributed by atoms with Crippen LogP contribution in [0.2, 0.25) is 0 Å². The molecule has 1 aromatic heterocycles. The van der Waals surface area contributed by atoms with E-state index in [1.165, 1.54) is 11.8 Å². The van der Waals surface area contributed by atoms with Crippen LogP contribution >= 0.6 is 11.8 Å². The lowest BCUT2D eigenvalue weighted by Gasteiger charge is -2.11. The van der Waals surface area contributed by atoms with Crippen molar-refractivity contribution < 1.29 is 14.3 Å². The maximum absolute atomic E-state index is 12.1. The lowest BCUT2D eigenvalue weighted by atomic mass is 10.1. The molecule has 0 saturated carbocycles. The number of carbonyl (C=O) groups is 1. The van der Waals surface area contributed by atoms with E-state index in [2.05, 4.69) is 15.5 Å². The third kappa shape index (κ3) is 5.61. The normalized spacial score (nSPS) is 16.4. The van der Waals surface area contributed by atoms with E-state index in [9.17, 15) is 9.59 Å². The van der Waals surface area contributed by atoms with Crippen molar-refractivity contribution in [1.29, 1.82) is 0 Å². The van der Waals surface area contributed by atoms with E-state index >= 15 is 0 Å². The highest BCUT2D eigenvalue weighted by atomic mass is 32.2. The molecule has 1 aromatic carbocycles. The predicted molar refractivity (Wildman–Crippen MR) is 102 cm³/mol. The van der Waals surface area contributed by atoms with Gasteiger partial charge in [0.05, 0.1) is 25.5 Å². The Morgan fingerprint density at radius 1 is 1.44 bits per heavy atom. The number of ether oxygens (including phenoxy) is 2. The molecule has 0 unspecified atom stereocenters. The summed E-state index contributed by atoms with van der Waals surface area (Å²) >= 11 is 1.25. The molecule has 2 N–H and O–H groups in total. The van der Waals surface area contributed by atoms with Crippen LogP contribution in [-0.2, 0) is 22.5 Å². The first kappa shape index (κ1) is 19.5. The van der Waals surface area contributed by atoms with Gasteiger partial charge in [-0.2, -0.15) is 0 Å². The van der Waals surface area contributed by atoms with Gasteiger partial charge in [0.1, 0.15) is 5.75 Å². The third-order valence-corrected chi connectivity index (χ3v) is 5.34. The summed E-state index contributed by atoms with van der Waals surface area (Å²) in [4.78, 5) is 24.0. The lowest BCUT2D eigenvalue weighted by molar-refractivity contribution is -0.118. The molecule has 9 heteroatoms. The number of thioether (sulfide) groups is 1. The Balaban J connectivity index is 1.43. The zero-order chi connectivity index (χ0) is 19.1. The topological polar surface area (TPSA) is 98.2 Å². The molecule has 0 radical (unpaired) electrons. The van der Waals surface area contributed by atoms with Crippen molar-refractivity contribution >= 4 is 17.7 Å². The molecule has 1 aliphatic heterocycles. The maximum Gasteiger partial charge on any atom is 0.344 e. The molecule has 3 rings (SSSR count). The quantitative estimate of drug-likeness (QED) is 0.623. The molecule has 0 aliphatic carbocycles. The highest BCUT2D eigenvalue weighted by Crippen LogP contribution is 2.18. The van der Waals surface area contributed by atoms with Gasteiger partial charge in [0.2, 0.25) is 5.91 Å². The number of aromatic nitrogens is 3. The second-order valence-electron chi connectivity index (χ2n) is 6.29. The van der Waals surface area contributed by atoms with E-state index in [4.69, 9.17) is 9.47 Å². The molecule has 0 bridgehead atoms. The minimum absolute atomic E-state index is 0.0398. The lowest BCUT2D eigenvalue weighted by Crippen LogP contribution is -2.28. The number of nitrogens with zero attached hydrogens (tertiary/aromatic N) is 2. The van der Waals surface area contributed by atoms with E-state index in [-0.39, 0.29) is 23.5 Å².